The lowest BCUT2D eigenvalue weighted by molar-refractivity contribution is -0.118. The molecule has 1 N–H and O–H groups in total. The van der Waals surface area contributed by atoms with Crippen molar-refractivity contribution in [3.8, 4) is 17.2 Å². The summed E-state index contributed by atoms with van der Waals surface area (Å²) in [6.45, 7) is 2.95. The summed E-state index contributed by atoms with van der Waals surface area (Å²) in [7, 11) is 1.57. The number of hydrogen-bond acceptors (Lipinski definition) is 5. The van der Waals surface area contributed by atoms with Gasteiger partial charge in [0.05, 0.1) is 25.7 Å². The van der Waals surface area contributed by atoms with Gasteiger partial charge in [-0.25, -0.2) is 4.98 Å². The van der Waals surface area contributed by atoms with E-state index in [9.17, 15) is 4.79 Å². The van der Waals surface area contributed by atoms with Gasteiger partial charge in [-0.2, -0.15) is 0 Å². The molecular formula is C21H23N3O4. The molecule has 0 radical (unpaired) electrons. The Labute approximate surface area is 163 Å². The summed E-state index contributed by atoms with van der Waals surface area (Å²) in [5, 5.41) is 2.82. The van der Waals surface area contributed by atoms with Gasteiger partial charge in [0.25, 0.3) is 5.91 Å². The minimum atomic E-state index is -0.284. The summed E-state index contributed by atoms with van der Waals surface area (Å²) >= 11 is 0. The Hall–Kier alpha value is -3.48. The second kappa shape index (κ2) is 9.45. The van der Waals surface area contributed by atoms with E-state index in [2.05, 4.69) is 10.3 Å². The van der Waals surface area contributed by atoms with Crippen molar-refractivity contribution in [3.63, 3.8) is 0 Å². The molecule has 0 spiro atoms. The number of anilines is 1. The molecule has 1 heterocycles. The van der Waals surface area contributed by atoms with Crippen molar-refractivity contribution in [1.82, 2.24) is 9.55 Å². The number of nitrogens with one attached hydrogen (secondary N) is 1. The SMILES string of the molecule is COc1cc(C)ccc1OCC(=O)Nc1ccccc1OCCn1ccnc1. The van der Waals surface area contributed by atoms with Crippen LogP contribution in [0, 0.1) is 6.92 Å². The average Bonchev–Trinajstić information content (AvgIpc) is 3.21. The molecular weight excluding hydrogens is 358 g/mol. The van der Waals surface area contributed by atoms with Gasteiger partial charge in [-0.05, 0) is 36.8 Å². The van der Waals surface area contributed by atoms with Crippen molar-refractivity contribution in [1.29, 1.82) is 0 Å². The molecule has 2 aromatic carbocycles. The molecule has 0 saturated carbocycles. The maximum absolute atomic E-state index is 12.3. The number of para-hydroxylation sites is 2. The molecule has 0 unspecified atom stereocenters. The van der Waals surface area contributed by atoms with Crippen LogP contribution >= 0.6 is 0 Å². The zero-order chi connectivity index (χ0) is 19.8. The number of amides is 1. The molecule has 0 atom stereocenters. The van der Waals surface area contributed by atoms with E-state index in [1.165, 1.54) is 0 Å². The van der Waals surface area contributed by atoms with Crippen LogP contribution in [-0.4, -0.2) is 35.8 Å². The molecule has 3 rings (SSSR count). The Morgan fingerprint density at radius 1 is 1.11 bits per heavy atom. The first-order chi connectivity index (χ1) is 13.7. The molecule has 28 heavy (non-hydrogen) atoms. The Kier molecular flexibility index (Phi) is 6.51. The van der Waals surface area contributed by atoms with Crippen molar-refractivity contribution in [2.75, 3.05) is 25.6 Å². The first-order valence-corrected chi connectivity index (χ1v) is 8.90. The minimum Gasteiger partial charge on any atom is -0.493 e. The molecule has 0 aliphatic carbocycles. The number of ether oxygens (including phenoxy) is 3. The number of benzene rings is 2. The Morgan fingerprint density at radius 3 is 2.75 bits per heavy atom. The fraction of sp³-hybridized carbons (Fsp3) is 0.238. The summed E-state index contributed by atoms with van der Waals surface area (Å²) in [6.07, 6.45) is 5.32. The lowest BCUT2D eigenvalue weighted by Gasteiger charge is -2.14. The van der Waals surface area contributed by atoms with E-state index in [0.29, 0.717) is 36.1 Å². The van der Waals surface area contributed by atoms with Gasteiger partial charge in [0, 0.05) is 12.4 Å². The number of methoxy groups -OCH3 is 1. The van der Waals surface area contributed by atoms with E-state index in [1.54, 1.807) is 31.8 Å². The van der Waals surface area contributed by atoms with Gasteiger partial charge in [0.15, 0.2) is 18.1 Å². The number of imidazole rings is 1. The maximum atomic E-state index is 12.3. The largest absolute Gasteiger partial charge is 0.493 e. The van der Waals surface area contributed by atoms with Gasteiger partial charge in [-0.15, -0.1) is 0 Å². The van der Waals surface area contributed by atoms with Crippen molar-refractivity contribution in [2.45, 2.75) is 13.5 Å². The zero-order valence-corrected chi connectivity index (χ0v) is 15.9. The number of hydrogen-bond donors (Lipinski definition) is 1. The van der Waals surface area contributed by atoms with E-state index in [-0.39, 0.29) is 12.5 Å². The smallest absolute Gasteiger partial charge is 0.262 e. The molecule has 0 aliphatic rings. The van der Waals surface area contributed by atoms with Crippen LogP contribution in [0.3, 0.4) is 0 Å². The van der Waals surface area contributed by atoms with Crippen molar-refractivity contribution >= 4 is 11.6 Å². The summed E-state index contributed by atoms with van der Waals surface area (Å²) in [6, 6.07) is 12.8. The van der Waals surface area contributed by atoms with Crippen LogP contribution in [0.2, 0.25) is 0 Å². The van der Waals surface area contributed by atoms with Gasteiger partial charge in [0.1, 0.15) is 12.4 Å². The second-order valence-corrected chi connectivity index (χ2v) is 6.14. The molecule has 7 nitrogen and oxygen atoms in total. The molecule has 0 bridgehead atoms. The van der Waals surface area contributed by atoms with Crippen molar-refractivity contribution in [2.24, 2.45) is 0 Å². The lowest BCUT2D eigenvalue weighted by atomic mass is 10.2. The summed E-state index contributed by atoms with van der Waals surface area (Å²) < 4.78 is 18.6. The highest BCUT2D eigenvalue weighted by molar-refractivity contribution is 5.93. The molecule has 0 aliphatic heterocycles. The number of aromatic nitrogens is 2. The Morgan fingerprint density at radius 2 is 1.96 bits per heavy atom. The van der Waals surface area contributed by atoms with E-state index in [0.717, 1.165) is 5.56 Å². The number of carbonyl (C=O) groups is 1. The van der Waals surface area contributed by atoms with Crippen LogP contribution in [-0.2, 0) is 11.3 Å². The molecule has 0 fully saturated rings. The van der Waals surface area contributed by atoms with Gasteiger partial charge in [-0.3, -0.25) is 4.79 Å². The lowest BCUT2D eigenvalue weighted by Crippen LogP contribution is -2.21. The van der Waals surface area contributed by atoms with E-state index in [4.69, 9.17) is 14.2 Å². The molecule has 1 amide bonds. The summed E-state index contributed by atoms with van der Waals surface area (Å²) in [5.74, 6) is 1.43. The Balaban J connectivity index is 1.55. The van der Waals surface area contributed by atoms with Crippen LogP contribution in [0.25, 0.3) is 0 Å². The topological polar surface area (TPSA) is 74.6 Å². The minimum absolute atomic E-state index is 0.136. The average molecular weight is 381 g/mol. The number of carbonyl (C=O) groups excluding carboxylic acids is 1. The van der Waals surface area contributed by atoms with Crippen molar-refractivity contribution < 1.29 is 19.0 Å². The normalized spacial score (nSPS) is 10.4. The third-order valence-electron chi connectivity index (χ3n) is 4.01. The van der Waals surface area contributed by atoms with Crippen LogP contribution in [0.5, 0.6) is 17.2 Å². The first-order valence-electron chi connectivity index (χ1n) is 8.90. The quantitative estimate of drug-likeness (QED) is 0.616. The zero-order valence-electron chi connectivity index (χ0n) is 15.9. The second-order valence-electron chi connectivity index (χ2n) is 6.14. The third kappa shape index (κ3) is 5.26. The number of rotatable bonds is 9. The standard InChI is InChI=1S/C21H23N3O4/c1-16-7-8-19(20(13-16)26-2)28-14-21(25)23-17-5-3-4-6-18(17)27-12-11-24-10-9-22-15-24/h3-10,13,15H,11-12,14H2,1-2H3,(H,23,25). The highest BCUT2D eigenvalue weighted by atomic mass is 16.5. The monoisotopic (exact) mass is 381 g/mol. The summed E-state index contributed by atoms with van der Waals surface area (Å²) in [4.78, 5) is 16.3. The van der Waals surface area contributed by atoms with Crippen LogP contribution in [0.15, 0.2) is 61.2 Å². The van der Waals surface area contributed by atoms with E-state index in [1.807, 2.05) is 48.0 Å². The first kappa shape index (κ1) is 19.3. The van der Waals surface area contributed by atoms with E-state index < -0.39 is 0 Å². The number of nitrogens with zero attached hydrogens (tertiary/aromatic N) is 2. The molecule has 3 aromatic rings. The summed E-state index contributed by atoms with van der Waals surface area (Å²) in [5.41, 5.74) is 1.65. The van der Waals surface area contributed by atoms with Crippen LogP contribution in [0.4, 0.5) is 5.69 Å². The van der Waals surface area contributed by atoms with Gasteiger partial charge in [-0.1, -0.05) is 18.2 Å². The Bertz CT molecular complexity index is 910. The molecule has 7 heteroatoms. The fourth-order valence-electron chi connectivity index (χ4n) is 2.60. The van der Waals surface area contributed by atoms with Crippen molar-refractivity contribution in [3.05, 3.63) is 66.7 Å². The fourth-order valence-corrected chi connectivity index (χ4v) is 2.60. The van der Waals surface area contributed by atoms with E-state index >= 15 is 0 Å². The van der Waals surface area contributed by atoms with Gasteiger partial charge in [0.2, 0.25) is 0 Å². The van der Waals surface area contributed by atoms with Gasteiger partial charge >= 0.3 is 0 Å². The van der Waals surface area contributed by atoms with Gasteiger partial charge < -0.3 is 24.1 Å². The van der Waals surface area contributed by atoms with Crippen LogP contribution < -0.4 is 19.5 Å². The maximum Gasteiger partial charge on any atom is 0.262 e. The highest BCUT2D eigenvalue weighted by Crippen LogP contribution is 2.28. The number of aryl methyl sites for hydroxylation is 1. The highest BCUT2D eigenvalue weighted by Gasteiger charge is 2.11. The third-order valence-corrected chi connectivity index (χ3v) is 4.01. The predicted molar refractivity (Wildman–Crippen MR) is 106 cm³/mol. The molecule has 0 saturated heterocycles. The van der Waals surface area contributed by atoms with Crippen LogP contribution in [0.1, 0.15) is 5.56 Å². The molecule has 1 aromatic heterocycles. The predicted octanol–water partition coefficient (Wildman–Crippen LogP) is 3.30. The molecule has 146 valence electrons.